The van der Waals surface area contributed by atoms with E-state index in [1.807, 2.05) is 0 Å². The van der Waals surface area contributed by atoms with E-state index in [9.17, 15) is 9.59 Å². The molecule has 0 aromatic carbocycles. The number of rotatable bonds is 3. The first-order chi connectivity index (χ1) is 9.13. The van der Waals surface area contributed by atoms with Crippen molar-refractivity contribution in [2.45, 2.75) is 32.6 Å². The van der Waals surface area contributed by atoms with Crippen molar-refractivity contribution in [2.24, 2.45) is 0 Å². The molecule has 6 heteroatoms. The lowest BCUT2D eigenvalue weighted by Gasteiger charge is -2.18. The highest BCUT2D eigenvalue weighted by molar-refractivity contribution is 7.17. The van der Waals surface area contributed by atoms with E-state index in [-0.39, 0.29) is 11.5 Å². The Balaban J connectivity index is 2.30. The van der Waals surface area contributed by atoms with Gasteiger partial charge in [-0.25, -0.2) is 9.78 Å². The summed E-state index contributed by atoms with van der Waals surface area (Å²) in [7, 11) is 1.30. The summed E-state index contributed by atoms with van der Waals surface area (Å²) in [5.74, 6) is -0.679. The highest BCUT2D eigenvalue weighted by Gasteiger charge is 2.24. The van der Waals surface area contributed by atoms with E-state index >= 15 is 0 Å². The Morgan fingerprint density at radius 1 is 1.21 bits per heavy atom. The van der Waals surface area contributed by atoms with Gasteiger partial charge < -0.3 is 9.64 Å². The number of ketones is 1. The van der Waals surface area contributed by atoms with Gasteiger partial charge in [0.05, 0.1) is 7.11 Å². The number of esters is 1. The Morgan fingerprint density at radius 3 is 2.37 bits per heavy atom. The van der Waals surface area contributed by atoms with Crippen molar-refractivity contribution in [1.82, 2.24) is 4.98 Å². The fraction of sp³-hybridized carbons (Fsp3) is 0.615. The lowest BCUT2D eigenvalue weighted by atomic mass is 10.2. The number of hydrogen-bond donors (Lipinski definition) is 0. The van der Waals surface area contributed by atoms with Crippen molar-refractivity contribution in [2.75, 3.05) is 25.1 Å². The van der Waals surface area contributed by atoms with Crippen molar-refractivity contribution in [3.8, 4) is 0 Å². The molecule has 0 saturated carbocycles. The summed E-state index contributed by atoms with van der Waals surface area (Å²) in [6.45, 7) is 3.32. The fourth-order valence-corrected chi connectivity index (χ4v) is 3.18. The molecule has 1 aliphatic rings. The quantitative estimate of drug-likeness (QED) is 0.629. The summed E-state index contributed by atoms with van der Waals surface area (Å²) in [5.41, 5.74) is 0.152. The van der Waals surface area contributed by atoms with Crippen LogP contribution in [0.25, 0.3) is 0 Å². The van der Waals surface area contributed by atoms with Crippen LogP contribution in [0.2, 0.25) is 0 Å². The molecule has 2 rings (SSSR count). The van der Waals surface area contributed by atoms with Gasteiger partial charge in [0.2, 0.25) is 0 Å². The molecule has 0 N–H and O–H groups in total. The number of ether oxygens (including phenoxy) is 1. The van der Waals surface area contributed by atoms with Crippen LogP contribution in [0.4, 0.5) is 5.13 Å². The average molecular weight is 282 g/mol. The molecule has 5 nitrogen and oxygen atoms in total. The molecular formula is C13H18N2O3S. The van der Waals surface area contributed by atoms with E-state index in [0.29, 0.717) is 4.88 Å². The van der Waals surface area contributed by atoms with Crippen LogP contribution in [0, 0.1) is 0 Å². The molecular weight excluding hydrogens is 264 g/mol. The van der Waals surface area contributed by atoms with Crippen molar-refractivity contribution in [3.05, 3.63) is 10.6 Å². The first kappa shape index (κ1) is 14.0. The van der Waals surface area contributed by atoms with Crippen LogP contribution in [0.5, 0.6) is 0 Å². The number of hydrogen-bond acceptors (Lipinski definition) is 6. The largest absolute Gasteiger partial charge is 0.464 e. The molecule has 0 radical (unpaired) electrons. The van der Waals surface area contributed by atoms with Crippen LogP contribution in [0.3, 0.4) is 0 Å². The third-order valence-electron chi connectivity index (χ3n) is 3.19. The standard InChI is InChI=1S/C13H18N2O3S/c1-9(16)11-10(12(17)18-2)14-13(19-11)15-7-5-3-4-6-8-15/h3-8H2,1-2H3. The number of anilines is 1. The minimum Gasteiger partial charge on any atom is -0.464 e. The van der Waals surface area contributed by atoms with Crippen LogP contribution in [-0.2, 0) is 4.74 Å². The van der Waals surface area contributed by atoms with Crippen molar-refractivity contribution >= 4 is 28.2 Å². The lowest BCUT2D eigenvalue weighted by Crippen LogP contribution is -2.23. The van der Waals surface area contributed by atoms with Crippen LogP contribution in [0.15, 0.2) is 0 Å². The van der Waals surface area contributed by atoms with Gasteiger partial charge in [-0.3, -0.25) is 4.79 Å². The summed E-state index contributed by atoms with van der Waals surface area (Å²) in [4.78, 5) is 30.1. The Kier molecular flexibility index (Phi) is 4.52. The highest BCUT2D eigenvalue weighted by Crippen LogP contribution is 2.29. The zero-order chi connectivity index (χ0) is 13.8. The maximum absolute atomic E-state index is 11.7. The van der Waals surface area contributed by atoms with Crippen LogP contribution in [0.1, 0.15) is 52.8 Å². The maximum atomic E-state index is 11.7. The molecule has 0 spiro atoms. The van der Waals surface area contributed by atoms with E-state index in [0.717, 1.165) is 31.1 Å². The van der Waals surface area contributed by atoms with Crippen LogP contribution >= 0.6 is 11.3 Å². The molecule has 0 unspecified atom stereocenters. The Labute approximate surface area is 116 Å². The number of carbonyl (C=O) groups excluding carboxylic acids is 2. The number of carbonyl (C=O) groups is 2. The molecule has 0 bridgehead atoms. The second-order valence-electron chi connectivity index (χ2n) is 4.62. The first-order valence-electron chi connectivity index (χ1n) is 6.48. The normalized spacial score (nSPS) is 16.0. The first-order valence-corrected chi connectivity index (χ1v) is 7.30. The SMILES string of the molecule is COC(=O)c1nc(N2CCCCCC2)sc1C(C)=O. The van der Waals surface area contributed by atoms with Crippen LogP contribution < -0.4 is 4.90 Å². The summed E-state index contributed by atoms with van der Waals surface area (Å²) >= 11 is 1.29. The Morgan fingerprint density at radius 2 is 1.84 bits per heavy atom. The summed E-state index contributed by atoms with van der Waals surface area (Å²) in [6.07, 6.45) is 4.71. The smallest absolute Gasteiger partial charge is 0.358 e. The van der Waals surface area contributed by atoms with Crippen molar-refractivity contribution in [3.63, 3.8) is 0 Å². The zero-order valence-corrected chi connectivity index (χ0v) is 12.1. The van der Waals surface area contributed by atoms with E-state index < -0.39 is 5.97 Å². The van der Waals surface area contributed by atoms with Gasteiger partial charge >= 0.3 is 5.97 Å². The monoisotopic (exact) mass is 282 g/mol. The lowest BCUT2D eigenvalue weighted by molar-refractivity contribution is 0.0591. The molecule has 2 heterocycles. The third kappa shape index (κ3) is 3.12. The van der Waals surface area contributed by atoms with E-state index in [1.165, 1.54) is 38.2 Å². The minimum atomic E-state index is -0.539. The molecule has 0 aliphatic carbocycles. The van der Waals surface area contributed by atoms with Gasteiger partial charge in [0.25, 0.3) is 0 Å². The average Bonchev–Trinajstić information content (AvgIpc) is 2.67. The molecule has 1 fully saturated rings. The van der Waals surface area contributed by atoms with Crippen molar-refractivity contribution in [1.29, 1.82) is 0 Å². The molecule has 1 aliphatic heterocycles. The molecule has 19 heavy (non-hydrogen) atoms. The molecule has 1 aromatic heterocycles. The van der Waals surface area contributed by atoms with Gasteiger partial charge in [-0.1, -0.05) is 24.2 Å². The van der Waals surface area contributed by atoms with Gasteiger partial charge in [-0.2, -0.15) is 0 Å². The number of thiazole rings is 1. The van der Waals surface area contributed by atoms with Gasteiger partial charge in [0.15, 0.2) is 16.6 Å². The number of aromatic nitrogens is 1. The molecule has 0 atom stereocenters. The van der Waals surface area contributed by atoms with Crippen LogP contribution in [-0.4, -0.2) is 36.9 Å². The van der Waals surface area contributed by atoms with Gasteiger partial charge in [0, 0.05) is 20.0 Å². The maximum Gasteiger partial charge on any atom is 0.358 e. The number of nitrogens with zero attached hydrogens (tertiary/aromatic N) is 2. The minimum absolute atomic E-state index is 0.140. The summed E-state index contributed by atoms with van der Waals surface area (Å²) in [6, 6.07) is 0. The second kappa shape index (κ2) is 6.14. The molecule has 0 amide bonds. The van der Waals surface area contributed by atoms with E-state index in [2.05, 4.69) is 14.6 Å². The highest BCUT2D eigenvalue weighted by atomic mass is 32.1. The van der Waals surface area contributed by atoms with Gasteiger partial charge in [-0.05, 0) is 12.8 Å². The predicted molar refractivity (Wildman–Crippen MR) is 74.1 cm³/mol. The summed E-state index contributed by atoms with van der Waals surface area (Å²) < 4.78 is 4.69. The van der Waals surface area contributed by atoms with Crippen molar-refractivity contribution < 1.29 is 14.3 Å². The topological polar surface area (TPSA) is 59.5 Å². The Hall–Kier alpha value is -1.43. The van der Waals surface area contributed by atoms with Gasteiger partial charge in [-0.15, -0.1) is 0 Å². The molecule has 104 valence electrons. The summed E-state index contributed by atoms with van der Waals surface area (Å²) in [5, 5.41) is 0.757. The Bertz CT molecular complexity index is 476. The predicted octanol–water partition coefficient (Wildman–Crippen LogP) is 2.51. The molecule has 1 saturated heterocycles. The van der Waals surface area contributed by atoms with Gasteiger partial charge in [0.1, 0.15) is 4.88 Å². The van der Waals surface area contributed by atoms with E-state index in [4.69, 9.17) is 0 Å². The molecule has 1 aromatic rings. The number of methoxy groups -OCH3 is 1. The zero-order valence-electron chi connectivity index (χ0n) is 11.3. The third-order valence-corrected chi connectivity index (χ3v) is 4.41. The second-order valence-corrected chi connectivity index (χ2v) is 5.60. The fourth-order valence-electron chi connectivity index (χ4n) is 2.18. The number of Topliss-reactive ketones (excluding diaryl/α,β-unsaturated/α-hetero) is 1. The van der Waals surface area contributed by atoms with E-state index in [1.54, 1.807) is 0 Å².